The molecule has 0 aliphatic carbocycles. The molecular weight excluding hydrogens is 318 g/mol. The van der Waals surface area contributed by atoms with Gasteiger partial charge in [-0.25, -0.2) is 0 Å². The van der Waals surface area contributed by atoms with Crippen LogP contribution in [0.15, 0.2) is 39.6 Å². The maximum atomic E-state index is 5.55. The molecule has 108 valence electrons. The SMILES string of the molecule is CCCNC(c1ccoc1)c1cc(Br)c(C)cc1OC. The molecule has 0 saturated carbocycles. The summed E-state index contributed by atoms with van der Waals surface area (Å²) >= 11 is 3.60. The monoisotopic (exact) mass is 337 g/mol. The zero-order valence-electron chi connectivity index (χ0n) is 12.1. The molecule has 0 aliphatic rings. The number of aryl methyl sites for hydroxylation is 1. The molecule has 0 spiro atoms. The third-order valence-corrected chi connectivity index (χ3v) is 4.15. The number of rotatable bonds is 6. The first kappa shape index (κ1) is 15.1. The van der Waals surface area contributed by atoms with Crippen LogP contribution in [-0.4, -0.2) is 13.7 Å². The van der Waals surface area contributed by atoms with E-state index < -0.39 is 0 Å². The Kier molecular flexibility index (Phi) is 5.26. The van der Waals surface area contributed by atoms with Gasteiger partial charge in [-0.15, -0.1) is 0 Å². The van der Waals surface area contributed by atoms with Gasteiger partial charge in [0.2, 0.25) is 0 Å². The first-order valence-corrected chi connectivity index (χ1v) is 7.56. The zero-order chi connectivity index (χ0) is 14.5. The van der Waals surface area contributed by atoms with Crippen LogP contribution in [0.3, 0.4) is 0 Å². The fourth-order valence-corrected chi connectivity index (χ4v) is 2.57. The van der Waals surface area contributed by atoms with Gasteiger partial charge in [-0.3, -0.25) is 0 Å². The number of furan rings is 1. The van der Waals surface area contributed by atoms with Crippen LogP contribution < -0.4 is 10.1 Å². The van der Waals surface area contributed by atoms with Crippen molar-refractivity contribution in [3.8, 4) is 5.75 Å². The number of hydrogen-bond donors (Lipinski definition) is 1. The predicted molar refractivity (Wildman–Crippen MR) is 84.3 cm³/mol. The van der Waals surface area contributed by atoms with Gasteiger partial charge >= 0.3 is 0 Å². The molecule has 1 aromatic heterocycles. The molecule has 2 rings (SSSR count). The number of methoxy groups -OCH3 is 1. The predicted octanol–water partition coefficient (Wildman–Crippen LogP) is 4.45. The molecule has 20 heavy (non-hydrogen) atoms. The minimum absolute atomic E-state index is 0.0700. The van der Waals surface area contributed by atoms with Crippen molar-refractivity contribution in [3.63, 3.8) is 0 Å². The Morgan fingerprint density at radius 3 is 2.80 bits per heavy atom. The molecular formula is C16H20BrNO2. The third kappa shape index (κ3) is 3.25. The molecule has 1 atom stereocenters. The van der Waals surface area contributed by atoms with E-state index in [2.05, 4.69) is 47.2 Å². The Hall–Kier alpha value is -1.26. The van der Waals surface area contributed by atoms with Gasteiger partial charge in [-0.1, -0.05) is 22.9 Å². The second kappa shape index (κ2) is 6.95. The molecule has 1 aromatic carbocycles. The van der Waals surface area contributed by atoms with Crippen LogP contribution in [0.5, 0.6) is 5.75 Å². The van der Waals surface area contributed by atoms with Gasteiger partial charge in [-0.2, -0.15) is 0 Å². The third-order valence-electron chi connectivity index (χ3n) is 3.30. The Morgan fingerprint density at radius 2 is 2.20 bits per heavy atom. The molecule has 4 heteroatoms. The molecule has 2 aromatic rings. The lowest BCUT2D eigenvalue weighted by atomic mass is 9.98. The van der Waals surface area contributed by atoms with Crippen molar-refractivity contribution in [1.29, 1.82) is 0 Å². The van der Waals surface area contributed by atoms with Crippen molar-refractivity contribution in [2.45, 2.75) is 26.3 Å². The van der Waals surface area contributed by atoms with Crippen molar-refractivity contribution in [2.24, 2.45) is 0 Å². The van der Waals surface area contributed by atoms with Crippen molar-refractivity contribution in [1.82, 2.24) is 5.32 Å². The van der Waals surface area contributed by atoms with Gasteiger partial charge in [0.15, 0.2) is 0 Å². The minimum Gasteiger partial charge on any atom is -0.496 e. The number of benzene rings is 1. The molecule has 0 radical (unpaired) electrons. The fraction of sp³-hybridized carbons (Fsp3) is 0.375. The highest BCUT2D eigenvalue weighted by molar-refractivity contribution is 9.10. The molecule has 0 amide bonds. The lowest BCUT2D eigenvalue weighted by Crippen LogP contribution is -2.23. The summed E-state index contributed by atoms with van der Waals surface area (Å²) in [5, 5.41) is 3.55. The highest BCUT2D eigenvalue weighted by Gasteiger charge is 2.20. The fourth-order valence-electron chi connectivity index (χ4n) is 2.21. The molecule has 1 unspecified atom stereocenters. The van der Waals surface area contributed by atoms with E-state index in [0.29, 0.717) is 0 Å². The van der Waals surface area contributed by atoms with Crippen LogP contribution in [0.25, 0.3) is 0 Å². The van der Waals surface area contributed by atoms with Crippen molar-refractivity contribution in [2.75, 3.05) is 13.7 Å². The molecule has 3 nitrogen and oxygen atoms in total. The average Bonchev–Trinajstić information content (AvgIpc) is 2.96. The van der Waals surface area contributed by atoms with E-state index in [1.165, 1.54) is 0 Å². The first-order chi connectivity index (χ1) is 9.67. The van der Waals surface area contributed by atoms with E-state index in [1.54, 1.807) is 19.6 Å². The van der Waals surface area contributed by atoms with Crippen LogP contribution in [0, 0.1) is 6.92 Å². The zero-order valence-corrected chi connectivity index (χ0v) is 13.7. The Morgan fingerprint density at radius 1 is 1.40 bits per heavy atom. The second-order valence-electron chi connectivity index (χ2n) is 4.79. The first-order valence-electron chi connectivity index (χ1n) is 6.76. The van der Waals surface area contributed by atoms with E-state index in [0.717, 1.165) is 39.9 Å². The van der Waals surface area contributed by atoms with Gasteiger partial charge in [0.1, 0.15) is 5.75 Å². The Labute approximate surface area is 128 Å². The molecule has 1 heterocycles. The van der Waals surface area contributed by atoms with Gasteiger partial charge in [-0.05, 0) is 43.7 Å². The van der Waals surface area contributed by atoms with Gasteiger partial charge in [0, 0.05) is 15.6 Å². The van der Waals surface area contributed by atoms with E-state index in [-0.39, 0.29) is 6.04 Å². The van der Waals surface area contributed by atoms with Crippen molar-refractivity contribution < 1.29 is 9.15 Å². The van der Waals surface area contributed by atoms with E-state index in [4.69, 9.17) is 9.15 Å². The molecule has 0 fully saturated rings. The summed E-state index contributed by atoms with van der Waals surface area (Å²) in [4.78, 5) is 0. The van der Waals surface area contributed by atoms with E-state index in [9.17, 15) is 0 Å². The maximum absolute atomic E-state index is 5.55. The lowest BCUT2D eigenvalue weighted by molar-refractivity contribution is 0.403. The molecule has 1 N–H and O–H groups in total. The standard InChI is InChI=1S/C16H20BrNO2/c1-4-6-18-16(12-5-7-20-10-12)13-9-14(17)11(2)8-15(13)19-3/h5,7-10,16,18H,4,6H2,1-3H3. The maximum Gasteiger partial charge on any atom is 0.124 e. The summed E-state index contributed by atoms with van der Waals surface area (Å²) in [6.45, 7) is 5.15. The van der Waals surface area contributed by atoms with Crippen LogP contribution in [0.2, 0.25) is 0 Å². The van der Waals surface area contributed by atoms with E-state index >= 15 is 0 Å². The lowest BCUT2D eigenvalue weighted by Gasteiger charge is -2.21. The Balaban J connectivity index is 2.45. The normalized spacial score (nSPS) is 12.4. The van der Waals surface area contributed by atoms with Crippen LogP contribution >= 0.6 is 15.9 Å². The molecule has 0 aliphatic heterocycles. The summed E-state index contributed by atoms with van der Waals surface area (Å²) in [7, 11) is 1.71. The summed E-state index contributed by atoms with van der Waals surface area (Å²) in [6.07, 6.45) is 4.55. The number of ether oxygens (including phenoxy) is 1. The molecule has 0 bridgehead atoms. The summed E-state index contributed by atoms with van der Waals surface area (Å²) in [6, 6.07) is 6.23. The molecule has 0 saturated heterocycles. The summed E-state index contributed by atoms with van der Waals surface area (Å²) < 4.78 is 11.9. The van der Waals surface area contributed by atoms with Crippen molar-refractivity contribution in [3.05, 3.63) is 51.9 Å². The highest BCUT2D eigenvalue weighted by Crippen LogP contribution is 2.34. The topological polar surface area (TPSA) is 34.4 Å². The largest absolute Gasteiger partial charge is 0.496 e. The van der Waals surface area contributed by atoms with Crippen LogP contribution in [-0.2, 0) is 0 Å². The Bertz CT molecular complexity index is 552. The average molecular weight is 338 g/mol. The number of halogens is 1. The van der Waals surface area contributed by atoms with Gasteiger partial charge < -0.3 is 14.5 Å². The van der Waals surface area contributed by atoms with Gasteiger partial charge in [0.05, 0.1) is 25.7 Å². The van der Waals surface area contributed by atoms with E-state index in [1.807, 2.05) is 6.07 Å². The quantitative estimate of drug-likeness (QED) is 0.845. The summed E-state index contributed by atoms with van der Waals surface area (Å²) in [5.74, 6) is 0.889. The minimum atomic E-state index is 0.0700. The van der Waals surface area contributed by atoms with Crippen LogP contribution in [0.1, 0.15) is 36.1 Å². The number of hydrogen-bond acceptors (Lipinski definition) is 3. The van der Waals surface area contributed by atoms with Crippen molar-refractivity contribution >= 4 is 15.9 Å². The second-order valence-corrected chi connectivity index (χ2v) is 5.64. The number of nitrogens with one attached hydrogen (secondary N) is 1. The highest BCUT2D eigenvalue weighted by atomic mass is 79.9. The smallest absolute Gasteiger partial charge is 0.124 e. The van der Waals surface area contributed by atoms with Crippen LogP contribution in [0.4, 0.5) is 0 Å². The summed E-state index contributed by atoms with van der Waals surface area (Å²) in [5.41, 5.74) is 3.37. The van der Waals surface area contributed by atoms with Gasteiger partial charge in [0.25, 0.3) is 0 Å².